The highest BCUT2D eigenvalue weighted by atomic mass is 14.3. The number of rotatable bonds is 6. The summed E-state index contributed by atoms with van der Waals surface area (Å²) in [5.41, 5.74) is 1.65. The SMILES string of the molecule is CCCCCC#CC(C)CC1C=C1CC. The van der Waals surface area contributed by atoms with Crippen LogP contribution >= 0.6 is 0 Å². The van der Waals surface area contributed by atoms with Gasteiger partial charge in [-0.1, -0.05) is 45.3 Å². The summed E-state index contributed by atoms with van der Waals surface area (Å²) in [4.78, 5) is 0. The van der Waals surface area contributed by atoms with Gasteiger partial charge in [0, 0.05) is 12.3 Å². The van der Waals surface area contributed by atoms with Gasteiger partial charge in [0.15, 0.2) is 0 Å². The second-order valence-corrected chi connectivity index (χ2v) is 4.62. The van der Waals surface area contributed by atoms with E-state index >= 15 is 0 Å². The molecular weight excluding hydrogens is 180 g/mol. The molecule has 0 saturated heterocycles. The Kier molecular flexibility index (Phi) is 5.54. The molecule has 0 aliphatic heterocycles. The van der Waals surface area contributed by atoms with Crippen LogP contribution in [0.1, 0.15) is 59.3 Å². The first kappa shape index (κ1) is 12.4. The lowest BCUT2D eigenvalue weighted by atomic mass is 10.0. The largest absolute Gasteiger partial charge is 0.103 e. The van der Waals surface area contributed by atoms with Crippen LogP contribution in [-0.4, -0.2) is 0 Å². The van der Waals surface area contributed by atoms with Crippen molar-refractivity contribution in [3.63, 3.8) is 0 Å². The van der Waals surface area contributed by atoms with Crippen molar-refractivity contribution in [1.82, 2.24) is 0 Å². The Bertz CT molecular complexity index is 261. The Morgan fingerprint density at radius 2 is 2.13 bits per heavy atom. The lowest BCUT2D eigenvalue weighted by Gasteiger charge is -2.02. The van der Waals surface area contributed by atoms with Crippen LogP contribution in [0.15, 0.2) is 11.6 Å². The monoisotopic (exact) mass is 204 g/mol. The Morgan fingerprint density at radius 3 is 2.73 bits per heavy atom. The van der Waals surface area contributed by atoms with Gasteiger partial charge < -0.3 is 0 Å². The van der Waals surface area contributed by atoms with E-state index in [1.165, 1.54) is 32.1 Å². The van der Waals surface area contributed by atoms with E-state index in [1.807, 2.05) is 0 Å². The first-order valence-electron chi connectivity index (χ1n) is 6.46. The van der Waals surface area contributed by atoms with Crippen molar-refractivity contribution < 1.29 is 0 Å². The maximum absolute atomic E-state index is 3.37. The Labute approximate surface area is 95.2 Å². The van der Waals surface area contributed by atoms with Gasteiger partial charge in [0.1, 0.15) is 0 Å². The smallest absolute Gasteiger partial charge is 0.0183 e. The molecule has 0 bridgehead atoms. The molecule has 2 unspecified atom stereocenters. The molecule has 0 aromatic heterocycles. The molecule has 0 heterocycles. The van der Waals surface area contributed by atoms with Crippen LogP contribution in [-0.2, 0) is 0 Å². The second kappa shape index (κ2) is 6.72. The van der Waals surface area contributed by atoms with Gasteiger partial charge >= 0.3 is 0 Å². The molecule has 0 aromatic carbocycles. The fraction of sp³-hybridized carbons (Fsp3) is 0.733. The number of hydrogen-bond donors (Lipinski definition) is 0. The maximum Gasteiger partial charge on any atom is 0.0183 e. The van der Waals surface area contributed by atoms with Crippen molar-refractivity contribution in [3.8, 4) is 11.8 Å². The minimum absolute atomic E-state index is 0.580. The molecule has 2 atom stereocenters. The van der Waals surface area contributed by atoms with E-state index in [4.69, 9.17) is 0 Å². The molecule has 0 saturated carbocycles. The maximum atomic E-state index is 3.37. The quantitative estimate of drug-likeness (QED) is 0.338. The van der Waals surface area contributed by atoms with Crippen LogP contribution in [0.3, 0.4) is 0 Å². The van der Waals surface area contributed by atoms with Crippen molar-refractivity contribution in [3.05, 3.63) is 11.6 Å². The van der Waals surface area contributed by atoms with E-state index in [0.29, 0.717) is 5.92 Å². The fourth-order valence-electron chi connectivity index (χ4n) is 1.96. The highest BCUT2D eigenvalue weighted by Gasteiger charge is 2.23. The van der Waals surface area contributed by atoms with Gasteiger partial charge in [-0.05, 0) is 25.2 Å². The molecule has 15 heavy (non-hydrogen) atoms. The van der Waals surface area contributed by atoms with Gasteiger partial charge in [0.2, 0.25) is 0 Å². The molecule has 0 amide bonds. The topological polar surface area (TPSA) is 0 Å². The zero-order valence-corrected chi connectivity index (χ0v) is 10.5. The third-order valence-corrected chi connectivity index (χ3v) is 3.05. The van der Waals surface area contributed by atoms with E-state index in [2.05, 4.69) is 38.7 Å². The molecule has 0 N–H and O–H groups in total. The standard InChI is InChI=1S/C15H24/c1-4-6-7-8-9-10-13(3)11-15-12-14(15)5-2/h12-13,15H,4-8,11H2,1-3H3. The summed E-state index contributed by atoms with van der Waals surface area (Å²) in [5.74, 6) is 8.07. The van der Waals surface area contributed by atoms with Crippen LogP contribution in [0.5, 0.6) is 0 Å². The molecule has 0 radical (unpaired) electrons. The van der Waals surface area contributed by atoms with E-state index in [9.17, 15) is 0 Å². The third kappa shape index (κ3) is 5.07. The van der Waals surface area contributed by atoms with Crippen molar-refractivity contribution in [2.45, 2.75) is 59.3 Å². The number of allylic oxidation sites excluding steroid dienone is 2. The summed E-state index contributed by atoms with van der Waals surface area (Å²) in [7, 11) is 0. The predicted octanol–water partition coefficient (Wildman–Crippen LogP) is 4.56. The van der Waals surface area contributed by atoms with Gasteiger partial charge in [0.05, 0.1) is 0 Å². The molecule has 1 aliphatic rings. The number of unbranched alkanes of at least 4 members (excludes halogenated alkanes) is 3. The summed E-state index contributed by atoms with van der Waals surface area (Å²) in [6.07, 6.45) is 9.88. The van der Waals surface area contributed by atoms with E-state index in [0.717, 1.165) is 12.3 Å². The third-order valence-electron chi connectivity index (χ3n) is 3.05. The summed E-state index contributed by atoms with van der Waals surface area (Å²) >= 11 is 0. The molecule has 0 heteroatoms. The van der Waals surface area contributed by atoms with Crippen molar-refractivity contribution >= 4 is 0 Å². The Morgan fingerprint density at radius 1 is 1.33 bits per heavy atom. The van der Waals surface area contributed by atoms with Gasteiger partial charge in [-0.25, -0.2) is 0 Å². The molecular formula is C15H24. The van der Waals surface area contributed by atoms with E-state index in [1.54, 1.807) is 5.57 Å². The Balaban J connectivity index is 2.05. The minimum atomic E-state index is 0.580. The van der Waals surface area contributed by atoms with Crippen molar-refractivity contribution in [2.24, 2.45) is 11.8 Å². The molecule has 0 nitrogen and oxygen atoms in total. The van der Waals surface area contributed by atoms with Gasteiger partial charge in [-0.3, -0.25) is 0 Å². The molecule has 0 fully saturated rings. The van der Waals surface area contributed by atoms with Crippen molar-refractivity contribution in [2.75, 3.05) is 0 Å². The molecule has 1 aliphatic carbocycles. The first-order valence-corrected chi connectivity index (χ1v) is 6.46. The zero-order valence-electron chi connectivity index (χ0n) is 10.5. The zero-order chi connectivity index (χ0) is 11.1. The van der Waals surface area contributed by atoms with Crippen molar-refractivity contribution in [1.29, 1.82) is 0 Å². The van der Waals surface area contributed by atoms with Gasteiger partial charge in [-0.15, -0.1) is 11.8 Å². The van der Waals surface area contributed by atoms with E-state index in [-0.39, 0.29) is 0 Å². The van der Waals surface area contributed by atoms with Crippen LogP contribution in [0.4, 0.5) is 0 Å². The predicted molar refractivity (Wildman–Crippen MR) is 67.6 cm³/mol. The lowest BCUT2D eigenvalue weighted by molar-refractivity contribution is 0.619. The molecule has 84 valence electrons. The summed E-state index contributed by atoms with van der Waals surface area (Å²) < 4.78 is 0. The second-order valence-electron chi connectivity index (χ2n) is 4.62. The summed E-state index contributed by atoms with van der Waals surface area (Å²) in [6, 6.07) is 0. The molecule has 1 rings (SSSR count). The summed E-state index contributed by atoms with van der Waals surface area (Å²) in [6.45, 7) is 6.74. The van der Waals surface area contributed by atoms with Gasteiger partial charge in [-0.2, -0.15) is 0 Å². The van der Waals surface area contributed by atoms with Gasteiger partial charge in [0.25, 0.3) is 0 Å². The van der Waals surface area contributed by atoms with E-state index < -0.39 is 0 Å². The normalized spacial score (nSPS) is 20.2. The first-order chi connectivity index (χ1) is 7.27. The average Bonchev–Trinajstić information content (AvgIpc) is 2.96. The lowest BCUT2D eigenvalue weighted by Crippen LogP contribution is -1.94. The average molecular weight is 204 g/mol. The molecule has 0 aromatic rings. The minimum Gasteiger partial charge on any atom is -0.103 e. The highest BCUT2D eigenvalue weighted by Crippen LogP contribution is 2.36. The van der Waals surface area contributed by atoms with Crippen LogP contribution in [0.2, 0.25) is 0 Å². The number of hydrogen-bond acceptors (Lipinski definition) is 0. The van der Waals surface area contributed by atoms with Crippen LogP contribution in [0.25, 0.3) is 0 Å². The molecule has 0 spiro atoms. The Hall–Kier alpha value is -0.700. The summed E-state index contributed by atoms with van der Waals surface area (Å²) in [5, 5.41) is 0. The van der Waals surface area contributed by atoms with Crippen LogP contribution in [0, 0.1) is 23.7 Å². The highest BCUT2D eigenvalue weighted by molar-refractivity contribution is 5.29. The fourth-order valence-corrected chi connectivity index (χ4v) is 1.96. The van der Waals surface area contributed by atoms with Crippen LogP contribution < -0.4 is 0 Å².